The van der Waals surface area contributed by atoms with Crippen molar-refractivity contribution < 1.29 is 23.1 Å². The Morgan fingerprint density at radius 2 is 1.83 bits per heavy atom. The fraction of sp³-hybridized carbons (Fsp3) is 0.182. The zero-order valence-electron chi connectivity index (χ0n) is 16.2. The summed E-state index contributed by atoms with van der Waals surface area (Å²) < 4.78 is 24.6. The number of anilines is 1. The van der Waals surface area contributed by atoms with Crippen LogP contribution in [0.1, 0.15) is 16.1 Å². The topological polar surface area (TPSA) is 71.8 Å². The molecule has 0 aliphatic carbocycles. The summed E-state index contributed by atoms with van der Waals surface area (Å²) in [7, 11) is 1.67. The average Bonchev–Trinajstić information content (AvgIpc) is 3.17. The quantitative estimate of drug-likeness (QED) is 0.521. The van der Waals surface area contributed by atoms with E-state index in [1.165, 1.54) is 11.0 Å². The lowest BCUT2D eigenvalue weighted by Gasteiger charge is -2.18. The van der Waals surface area contributed by atoms with E-state index in [0.717, 1.165) is 5.56 Å². The Morgan fingerprint density at radius 3 is 2.50 bits per heavy atom. The maximum Gasteiger partial charge on any atom is 0.291 e. The van der Waals surface area contributed by atoms with E-state index < -0.39 is 5.82 Å². The molecule has 0 radical (unpaired) electrons. The van der Waals surface area contributed by atoms with Gasteiger partial charge in [-0.15, -0.1) is 0 Å². The van der Waals surface area contributed by atoms with Gasteiger partial charge in [0.15, 0.2) is 22.0 Å². The number of ether oxygens (including phenoxy) is 1. The Bertz CT molecular complexity index is 1020. The molecule has 3 aromatic rings. The molecule has 0 fully saturated rings. The van der Waals surface area contributed by atoms with Gasteiger partial charge in [0.25, 0.3) is 5.91 Å². The Hall–Kier alpha value is -3.13. The number of carbonyl (C=O) groups excluding carboxylic acids is 2. The van der Waals surface area contributed by atoms with Crippen LogP contribution < -0.4 is 10.1 Å². The molecule has 156 valence electrons. The number of benzene rings is 2. The van der Waals surface area contributed by atoms with Gasteiger partial charge in [0.05, 0.1) is 13.0 Å². The number of hydrogen-bond donors (Lipinski definition) is 1. The van der Waals surface area contributed by atoms with Crippen molar-refractivity contribution in [1.82, 2.24) is 4.90 Å². The molecule has 2 aromatic carbocycles. The molecule has 8 heteroatoms. The molecule has 0 atom stereocenters. The van der Waals surface area contributed by atoms with Gasteiger partial charge in [-0.2, -0.15) is 0 Å². The van der Waals surface area contributed by atoms with Crippen LogP contribution in [0.3, 0.4) is 0 Å². The molecule has 0 bridgehead atoms. The van der Waals surface area contributed by atoms with Crippen molar-refractivity contribution in [3.05, 3.63) is 82.5 Å². The number of carbonyl (C=O) groups is 2. The van der Waals surface area contributed by atoms with Crippen molar-refractivity contribution in [1.29, 1.82) is 0 Å². The van der Waals surface area contributed by atoms with Gasteiger partial charge < -0.3 is 19.4 Å². The van der Waals surface area contributed by atoms with Crippen LogP contribution in [0, 0.1) is 5.82 Å². The predicted molar refractivity (Wildman–Crippen MR) is 114 cm³/mol. The maximum absolute atomic E-state index is 13.5. The van der Waals surface area contributed by atoms with E-state index in [9.17, 15) is 14.0 Å². The van der Waals surface area contributed by atoms with Gasteiger partial charge in [0.1, 0.15) is 6.61 Å². The molecule has 1 N–H and O–H groups in total. The molecule has 0 unspecified atom stereocenters. The third-order valence-electron chi connectivity index (χ3n) is 4.31. The summed E-state index contributed by atoms with van der Waals surface area (Å²) in [4.78, 5) is 26.0. The molecule has 0 aliphatic rings. The van der Waals surface area contributed by atoms with E-state index >= 15 is 0 Å². The highest BCUT2D eigenvalue weighted by Gasteiger charge is 2.12. The van der Waals surface area contributed by atoms with Crippen molar-refractivity contribution >= 4 is 33.4 Å². The van der Waals surface area contributed by atoms with Gasteiger partial charge in [-0.3, -0.25) is 9.59 Å². The SMILES string of the molecule is CN(CCOc1ccccc1F)C(=O)Cc1ccc(NC(=O)c2ccc(Br)o2)cc1. The standard InChI is InChI=1S/C22H20BrFN2O4/c1-26(12-13-29-18-5-3-2-4-17(18)24)21(27)14-15-6-8-16(9-7-15)25-22(28)19-10-11-20(23)30-19/h2-11H,12-14H2,1H3,(H,25,28). The van der Waals surface area contributed by atoms with Gasteiger partial charge >= 0.3 is 0 Å². The first-order valence-corrected chi connectivity index (χ1v) is 9.98. The highest BCUT2D eigenvalue weighted by atomic mass is 79.9. The normalized spacial score (nSPS) is 10.5. The Balaban J connectivity index is 1.46. The maximum atomic E-state index is 13.5. The summed E-state index contributed by atoms with van der Waals surface area (Å²) in [5, 5.41) is 2.73. The summed E-state index contributed by atoms with van der Waals surface area (Å²) in [6.07, 6.45) is 0.204. The second-order valence-corrected chi connectivity index (χ2v) is 7.31. The minimum absolute atomic E-state index is 0.0932. The smallest absolute Gasteiger partial charge is 0.291 e. The molecule has 3 rings (SSSR count). The van der Waals surface area contributed by atoms with Gasteiger partial charge in [0, 0.05) is 12.7 Å². The number of nitrogens with one attached hydrogen (secondary N) is 1. The van der Waals surface area contributed by atoms with E-state index in [1.807, 2.05) is 0 Å². The van der Waals surface area contributed by atoms with Crippen LogP contribution >= 0.6 is 15.9 Å². The molecule has 6 nitrogen and oxygen atoms in total. The van der Waals surface area contributed by atoms with Gasteiger partial charge in [0.2, 0.25) is 5.91 Å². The average molecular weight is 475 g/mol. The van der Waals surface area contributed by atoms with Crippen molar-refractivity contribution in [3.63, 3.8) is 0 Å². The number of nitrogens with zero attached hydrogens (tertiary/aromatic N) is 1. The van der Waals surface area contributed by atoms with Crippen LogP contribution in [0.5, 0.6) is 5.75 Å². The van der Waals surface area contributed by atoms with E-state index in [4.69, 9.17) is 9.15 Å². The van der Waals surface area contributed by atoms with E-state index in [0.29, 0.717) is 16.9 Å². The first-order valence-electron chi connectivity index (χ1n) is 9.19. The minimum atomic E-state index is -0.432. The molecule has 0 saturated heterocycles. The van der Waals surface area contributed by atoms with Gasteiger partial charge in [-0.25, -0.2) is 4.39 Å². The fourth-order valence-corrected chi connectivity index (χ4v) is 2.93. The first-order chi connectivity index (χ1) is 14.4. The highest BCUT2D eigenvalue weighted by molar-refractivity contribution is 9.10. The van der Waals surface area contributed by atoms with Gasteiger partial charge in [-0.1, -0.05) is 24.3 Å². The Labute approximate surface area is 181 Å². The highest BCUT2D eigenvalue weighted by Crippen LogP contribution is 2.17. The van der Waals surface area contributed by atoms with Crippen molar-refractivity contribution in [2.45, 2.75) is 6.42 Å². The monoisotopic (exact) mass is 474 g/mol. The molecule has 1 heterocycles. The summed E-state index contributed by atoms with van der Waals surface area (Å²) >= 11 is 3.15. The second kappa shape index (κ2) is 10.1. The van der Waals surface area contributed by atoms with Crippen LogP contribution in [0.2, 0.25) is 0 Å². The lowest BCUT2D eigenvalue weighted by atomic mass is 10.1. The Morgan fingerprint density at radius 1 is 1.10 bits per heavy atom. The van der Waals surface area contributed by atoms with Gasteiger partial charge in [-0.05, 0) is 57.9 Å². The molecule has 0 aliphatic heterocycles. The van der Waals surface area contributed by atoms with Crippen LogP contribution in [0.4, 0.5) is 10.1 Å². The molecule has 1 aromatic heterocycles. The van der Waals surface area contributed by atoms with Crippen molar-refractivity contribution in [2.75, 3.05) is 25.5 Å². The first kappa shape index (κ1) is 21.6. The molecule has 0 spiro atoms. The number of rotatable bonds is 8. The molecule has 2 amide bonds. The van der Waals surface area contributed by atoms with E-state index in [-0.39, 0.29) is 36.4 Å². The lowest BCUT2D eigenvalue weighted by Crippen LogP contribution is -2.32. The van der Waals surface area contributed by atoms with Crippen molar-refractivity contribution in [2.24, 2.45) is 0 Å². The molecule has 0 saturated carbocycles. The zero-order chi connectivity index (χ0) is 21.5. The summed E-state index contributed by atoms with van der Waals surface area (Å²) in [6.45, 7) is 0.525. The minimum Gasteiger partial charge on any atom is -0.489 e. The largest absolute Gasteiger partial charge is 0.489 e. The number of amides is 2. The van der Waals surface area contributed by atoms with Crippen LogP contribution in [0.15, 0.2) is 69.8 Å². The predicted octanol–water partition coefficient (Wildman–Crippen LogP) is 4.51. The van der Waals surface area contributed by atoms with E-state index in [1.54, 1.807) is 61.6 Å². The summed E-state index contributed by atoms with van der Waals surface area (Å²) in [6, 6.07) is 16.3. The third kappa shape index (κ3) is 5.93. The Kier molecular flexibility index (Phi) is 7.24. The number of likely N-dealkylation sites (N-methyl/N-ethyl adjacent to an activating group) is 1. The van der Waals surface area contributed by atoms with Crippen LogP contribution in [0.25, 0.3) is 0 Å². The van der Waals surface area contributed by atoms with Crippen LogP contribution in [-0.2, 0) is 11.2 Å². The fourth-order valence-electron chi connectivity index (χ4n) is 2.62. The molecular formula is C22H20BrFN2O4. The number of hydrogen-bond acceptors (Lipinski definition) is 4. The van der Waals surface area contributed by atoms with Crippen molar-refractivity contribution in [3.8, 4) is 5.75 Å². The second-order valence-electron chi connectivity index (χ2n) is 6.53. The van der Waals surface area contributed by atoms with E-state index in [2.05, 4.69) is 21.2 Å². The number of furan rings is 1. The number of halogens is 2. The lowest BCUT2D eigenvalue weighted by molar-refractivity contribution is -0.129. The number of para-hydroxylation sites is 1. The molecule has 30 heavy (non-hydrogen) atoms. The third-order valence-corrected chi connectivity index (χ3v) is 4.74. The van der Waals surface area contributed by atoms with Crippen LogP contribution in [-0.4, -0.2) is 36.9 Å². The zero-order valence-corrected chi connectivity index (χ0v) is 17.8. The molecular weight excluding hydrogens is 455 g/mol. The summed E-state index contributed by atoms with van der Waals surface area (Å²) in [5.41, 5.74) is 1.40. The summed E-state index contributed by atoms with van der Waals surface area (Å²) in [5.74, 6) is -0.528.